The Hall–Kier alpha value is -1.38. The number of morpholine rings is 1. The number of aromatic nitrogens is 1. The topological polar surface area (TPSA) is 37.8 Å². The number of hydrogen-bond acceptors (Lipinski definition) is 5. The largest absolute Gasteiger partial charge is 0.468 e. The normalized spacial score (nSPS) is 26.1. The van der Waals surface area contributed by atoms with Crippen molar-refractivity contribution in [2.24, 2.45) is 0 Å². The van der Waals surface area contributed by atoms with E-state index in [0.29, 0.717) is 12.1 Å². The van der Waals surface area contributed by atoms with Gasteiger partial charge in [0.1, 0.15) is 0 Å². The van der Waals surface area contributed by atoms with E-state index in [2.05, 4.69) is 26.4 Å². The van der Waals surface area contributed by atoms with Crippen LogP contribution in [0.1, 0.15) is 18.9 Å². The Morgan fingerprint density at radius 3 is 2.64 bits per heavy atom. The quantitative estimate of drug-likeness (QED) is 0.807. The zero-order chi connectivity index (χ0) is 17.9. The van der Waals surface area contributed by atoms with Gasteiger partial charge in [0.25, 0.3) is 0 Å². The molecular weight excluding hydrogens is 335 g/mol. The van der Waals surface area contributed by atoms with Gasteiger partial charge in [0.05, 0.1) is 13.2 Å². The lowest BCUT2D eigenvalue weighted by molar-refractivity contribution is -0.154. The van der Waals surface area contributed by atoms with Crippen molar-refractivity contribution in [2.75, 3.05) is 39.5 Å². The average molecular weight is 359 g/mol. The summed E-state index contributed by atoms with van der Waals surface area (Å²) >= 11 is 0. The first-order valence-corrected chi connectivity index (χ1v) is 8.63. The highest BCUT2D eigenvalue weighted by Crippen LogP contribution is 2.25. The van der Waals surface area contributed by atoms with Gasteiger partial charge in [0, 0.05) is 50.5 Å². The molecule has 140 valence electrons. The summed E-state index contributed by atoms with van der Waals surface area (Å²) in [5.41, 5.74) is 0.980. The van der Waals surface area contributed by atoms with Gasteiger partial charge in [-0.15, -0.1) is 0 Å². The molecule has 2 aliphatic heterocycles. The Morgan fingerprint density at radius 1 is 1.24 bits per heavy atom. The van der Waals surface area contributed by atoms with Crippen molar-refractivity contribution in [2.45, 2.75) is 38.1 Å². The predicted molar refractivity (Wildman–Crippen MR) is 86.5 cm³/mol. The Labute approximate surface area is 145 Å². The third-order valence-electron chi connectivity index (χ3n) is 4.93. The first-order chi connectivity index (χ1) is 11.9. The minimum Gasteiger partial charge on any atom is -0.468 e. The third kappa shape index (κ3) is 5.05. The van der Waals surface area contributed by atoms with Crippen LogP contribution in [0, 0.1) is 0 Å². The molecule has 1 aromatic rings. The molecular formula is C17H24F3N3O2. The van der Waals surface area contributed by atoms with Crippen LogP contribution in [0.2, 0.25) is 0 Å². The van der Waals surface area contributed by atoms with Gasteiger partial charge in [0.15, 0.2) is 6.61 Å². The van der Waals surface area contributed by atoms with Crippen LogP contribution in [-0.4, -0.2) is 72.5 Å². The lowest BCUT2D eigenvalue weighted by atomic mass is 10.1. The second kappa shape index (κ2) is 7.88. The van der Waals surface area contributed by atoms with Gasteiger partial charge in [-0.1, -0.05) is 6.07 Å². The Kier molecular flexibility index (Phi) is 5.81. The zero-order valence-electron chi connectivity index (χ0n) is 14.3. The molecule has 2 saturated heterocycles. The first-order valence-electron chi connectivity index (χ1n) is 8.63. The third-order valence-corrected chi connectivity index (χ3v) is 4.93. The number of nitrogens with zero attached hydrogens (tertiary/aromatic N) is 3. The van der Waals surface area contributed by atoms with Crippen LogP contribution in [0.15, 0.2) is 18.3 Å². The van der Waals surface area contributed by atoms with Crippen LogP contribution in [0.4, 0.5) is 13.2 Å². The lowest BCUT2D eigenvalue weighted by Gasteiger charge is -2.35. The predicted octanol–water partition coefficient (Wildman–Crippen LogP) is 2.32. The molecule has 0 aromatic carbocycles. The highest BCUT2D eigenvalue weighted by Gasteiger charge is 2.35. The molecule has 1 aromatic heterocycles. The monoisotopic (exact) mass is 359 g/mol. The van der Waals surface area contributed by atoms with Crippen LogP contribution >= 0.6 is 0 Å². The number of alkyl halides is 3. The summed E-state index contributed by atoms with van der Waals surface area (Å²) in [7, 11) is 0. The molecule has 25 heavy (non-hydrogen) atoms. The zero-order valence-corrected chi connectivity index (χ0v) is 14.3. The second-order valence-electron chi connectivity index (χ2n) is 6.62. The maximum absolute atomic E-state index is 12.2. The summed E-state index contributed by atoms with van der Waals surface area (Å²) < 4.78 is 46.5. The van der Waals surface area contributed by atoms with Crippen LogP contribution in [0.25, 0.3) is 0 Å². The van der Waals surface area contributed by atoms with E-state index in [1.807, 2.05) is 0 Å². The fraction of sp³-hybridized carbons (Fsp3) is 0.706. The number of pyridine rings is 1. The molecule has 0 N–H and O–H groups in total. The Balaban J connectivity index is 1.52. The Bertz CT molecular complexity index is 547. The lowest BCUT2D eigenvalue weighted by Crippen LogP contribution is -2.48. The number of rotatable bonds is 5. The summed E-state index contributed by atoms with van der Waals surface area (Å²) in [5, 5.41) is 0. The van der Waals surface area contributed by atoms with Crippen molar-refractivity contribution in [3.8, 4) is 5.88 Å². The fourth-order valence-corrected chi connectivity index (χ4v) is 3.59. The van der Waals surface area contributed by atoms with Gasteiger partial charge in [-0.05, 0) is 18.9 Å². The molecule has 0 spiro atoms. The van der Waals surface area contributed by atoms with Crippen LogP contribution in [-0.2, 0) is 11.3 Å². The number of hydrogen-bond donors (Lipinski definition) is 0. The van der Waals surface area contributed by atoms with E-state index >= 15 is 0 Å². The van der Waals surface area contributed by atoms with Crippen LogP contribution < -0.4 is 4.74 Å². The molecule has 0 bridgehead atoms. The van der Waals surface area contributed by atoms with Gasteiger partial charge in [0.2, 0.25) is 5.88 Å². The maximum Gasteiger partial charge on any atom is 0.422 e. The van der Waals surface area contributed by atoms with Crippen LogP contribution in [0.5, 0.6) is 5.88 Å². The molecule has 0 aliphatic carbocycles. The van der Waals surface area contributed by atoms with Crippen molar-refractivity contribution in [1.29, 1.82) is 0 Å². The number of ether oxygens (including phenoxy) is 2. The molecule has 5 nitrogen and oxygen atoms in total. The summed E-state index contributed by atoms with van der Waals surface area (Å²) in [6, 6.07) is 4.25. The van der Waals surface area contributed by atoms with E-state index in [0.717, 1.165) is 51.4 Å². The average Bonchev–Trinajstić information content (AvgIpc) is 2.95. The minimum absolute atomic E-state index is 0.00161. The molecule has 2 atom stereocenters. The van der Waals surface area contributed by atoms with Gasteiger partial charge in [-0.25, -0.2) is 4.98 Å². The smallest absolute Gasteiger partial charge is 0.422 e. The minimum atomic E-state index is -4.35. The van der Waals surface area contributed by atoms with Crippen molar-refractivity contribution in [3.05, 3.63) is 23.9 Å². The van der Waals surface area contributed by atoms with E-state index in [9.17, 15) is 13.2 Å². The van der Waals surface area contributed by atoms with Gasteiger partial charge < -0.3 is 9.47 Å². The molecule has 3 rings (SSSR count). The summed E-state index contributed by atoms with van der Waals surface area (Å²) in [6.45, 7) is 6.24. The van der Waals surface area contributed by atoms with Crippen LogP contribution in [0.3, 0.4) is 0 Å². The highest BCUT2D eigenvalue weighted by molar-refractivity contribution is 5.18. The van der Waals surface area contributed by atoms with Gasteiger partial charge in [-0.2, -0.15) is 13.2 Å². The van der Waals surface area contributed by atoms with Crippen molar-refractivity contribution < 1.29 is 22.6 Å². The fourth-order valence-electron chi connectivity index (χ4n) is 3.59. The Morgan fingerprint density at radius 2 is 2.00 bits per heavy atom. The molecule has 0 amide bonds. The molecule has 8 heteroatoms. The highest BCUT2D eigenvalue weighted by atomic mass is 19.4. The molecule has 0 radical (unpaired) electrons. The van der Waals surface area contributed by atoms with Crippen molar-refractivity contribution in [1.82, 2.24) is 14.8 Å². The molecule has 0 unspecified atom stereocenters. The number of halogens is 3. The standard InChI is InChI=1S/C17H24F3N3O2/c1-13-15(22-6-8-24-9-7-22)4-5-23(13)11-14-2-3-16(21-10-14)25-12-17(18,19)20/h2-3,10,13,15H,4-9,11-12H2,1H3/t13-,15-/m1/s1. The van der Waals surface area contributed by atoms with E-state index in [1.54, 1.807) is 12.3 Å². The maximum atomic E-state index is 12.2. The summed E-state index contributed by atoms with van der Waals surface area (Å²) in [4.78, 5) is 8.88. The van der Waals surface area contributed by atoms with E-state index in [-0.39, 0.29) is 5.88 Å². The molecule has 2 fully saturated rings. The molecule has 3 heterocycles. The van der Waals surface area contributed by atoms with Crippen molar-refractivity contribution in [3.63, 3.8) is 0 Å². The van der Waals surface area contributed by atoms with E-state index < -0.39 is 12.8 Å². The summed E-state index contributed by atoms with van der Waals surface area (Å²) in [6.07, 6.45) is -1.62. The second-order valence-corrected chi connectivity index (χ2v) is 6.62. The van der Waals surface area contributed by atoms with E-state index in [4.69, 9.17) is 4.74 Å². The van der Waals surface area contributed by atoms with Gasteiger partial charge in [-0.3, -0.25) is 9.80 Å². The SMILES string of the molecule is C[C@@H]1[C@H](N2CCOCC2)CCN1Cc1ccc(OCC(F)(F)F)nc1. The van der Waals surface area contributed by atoms with Crippen molar-refractivity contribution >= 4 is 0 Å². The van der Waals surface area contributed by atoms with Gasteiger partial charge >= 0.3 is 6.18 Å². The number of likely N-dealkylation sites (tertiary alicyclic amines) is 1. The summed E-state index contributed by atoms with van der Waals surface area (Å²) in [5.74, 6) is 0.00161. The first kappa shape index (κ1) is 18.4. The molecule has 2 aliphatic rings. The molecule has 0 saturated carbocycles. The van der Waals surface area contributed by atoms with E-state index in [1.165, 1.54) is 6.07 Å².